The van der Waals surface area contributed by atoms with Crippen molar-refractivity contribution >= 4 is 40.8 Å². The predicted octanol–water partition coefficient (Wildman–Crippen LogP) is 3.21. The summed E-state index contributed by atoms with van der Waals surface area (Å²) in [6, 6.07) is 4.70. The molecule has 0 fully saturated rings. The van der Waals surface area contributed by atoms with Crippen LogP contribution >= 0.6 is 34.8 Å². The van der Waals surface area contributed by atoms with Crippen molar-refractivity contribution in [2.45, 2.75) is 0 Å². The van der Waals surface area contributed by atoms with Gasteiger partial charge in [-0.2, -0.15) is 15.0 Å². The van der Waals surface area contributed by atoms with E-state index in [0.717, 1.165) is 0 Å². The van der Waals surface area contributed by atoms with E-state index in [4.69, 9.17) is 45.3 Å². The summed E-state index contributed by atoms with van der Waals surface area (Å²) in [5.41, 5.74) is 5.39. The van der Waals surface area contributed by atoms with Gasteiger partial charge in [0.1, 0.15) is 5.75 Å². The first-order valence-corrected chi connectivity index (χ1v) is 5.48. The van der Waals surface area contributed by atoms with E-state index in [2.05, 4.69) is 15.0 Å². The third-order valence-electron chi connectivity index (χ3n) is 1.70. The number of hydrogen-bond donors (Lipinski definition) is 1. The molecule has 0 aliphatic carbocycles. The first-order valence-electron chi connectivity index (χ1n) is 4.34. The van der Waals surface area contributed by atoms with Gasteiger partial charge >= 0.3 is 6.01 Å². The van der Waals surface area contributed by atoms with Gasteiger partial charge in [0, 0.05) is 5.02 Å². The van der Waals surface area contributed by atoms with Gasteiger partial charge in [-0.25, -0.2) is 0 Å². The fourth-order valence-corrected chi connectivity index (χ4v) is 1.65. The number of nitrogens with two attached hydrogens (primary N) is 1. The number of nitrogens with zero attached hydrogens (tertiary/aromatic N) is 3. The Kier molecular flexibility index (Phi) is 3.51. The Morgan fingerprint density at radius 3 is 2.47 bits per heavy atom. The molecule has 17 heavy (non-hydrogen) atoms. The Labute approximate surface area is 112 Å². The summed E-state index contributed by atoms with van der Waals surface area (Å²) in [5.74, 6) is 0.308. The van der Waals surface area contributed by atoms with E-state index in [1.54, 1.807) is 12.1 Å². The lowest BCUT2D eigenvalue weighted by Gasteiger charge is -2.06. The van der Waals surface area contributed by atoms with Gasteiger partial charge in [-0.15, -0.1) is 0 Å². The molecule has 2 N–H and O–H groups in total. The van der Waals surface area contributed by atoms with E-state index in [9.17, 15) is 0 Å². The van der Waals surface area contributed by atoms with Gasteiger partial charge in [-0.05, 0) is 29.8 Å². The number of hydrogen-bond acceptors (Lipinski definition) is 5. The molecule has 0 radical (unpaired) electrons. The minimum atomic E-state index is -0.0578. The topological polar surface area (TPSA) is 73.9 Å². The van der Waals surface area contributed by atoms with Crippen molar-refractivity contribution in [3.8, 4) is 11.8 Å². The van der Waals surface area contributed by atoms with Crippen molar-refractivity contribution in [3.63, 3.8) is 0 Å². The molecule has 1 aromatic heterocycles. The maximum atomic E-state index is 5.91. The summed E-state index contributed by atoms with van der Waals surface area (Å²) in [4.78, 5) is 11.1. The summed E-state index contributed by atoms with van der Waals surface area (Å²) in [6.45, 7) is 0. The fourth-order valence-electron chi connectivity index (χ4n) is 1.05. The number of ether oxygens (including phenoxy) is 1. The smallest absolute Gasteiger partial charge is 0.328 e. The van der Waals surface area contributed by atoms with Crippen molar-refractivity contribution < 1.29 is 4.74 Å². The van der Waals surface area contributed by atoms with Gasteiger partial charge in [-0.3, -0.25) is 0 Å². The summed E-state index contributed by atoms with van der Waals surface area (Å²) in [5, 5.41) is 0.765. The van der Waals surface area contributed by atoms with Crippen molar-refractivity contribution in [2.75, 3.05) is 5.73 Å². The number of benzene rings is 1. The van der Waals surface area contributed by atoms with Crippen LogP contribution in [-0.2, 0) is 0 Å². The van der Waals surface area contributed by atoms with E-state index in [0.29, 0.717) is 15.8 Å². The summed E-state index contributed by atoms with van der Waals surface area (Å²) in [7, 11) is 0. The molecule has 1 aromatic carbocycles. The number of anilines is 1. The largest absolute Gasteiger partial charge is 0.423 e. The lowest BCUT2D eigenvalue weighted by atomic mass is 10.3. The summed E-state index contributed by atoms with van der Waals surface area (Å²) in [6.07, 6.45) is 0. The zero-order valence-corrected chi connectivity index (χ0v) is 10.5. The third-order valence-corrected chi connectivity index (χ3v) is 2.40. The zero-order valence-electron chi connectivity index (χ0n) is 8.19. The highest BCUT2D eigenvalue weighted by Gasteiger charge is 2.08. The van der Waals surface area contributed by atoms with Gasteiger partial charge in [0.2, 0.25) is 11.2 Å². The standard InChI is InChI=1S/C9H5Cl3N4O/c10-4-1-2-6(5(11)3-4)17-9-15-7(12)14-8(13)16-9/h1-3H,(H2,13,14,15,16). The number of aromatic nitrogens is 3. The third kappa shape index (κ3) is 3.09. The molecule has 88 valence electrons. The number of halogens is 3. The molecular weight excluding hydrogens is 286 g/mol. The lowest BCUT2D eigenvalue weighted by molar-refractivity contribution is 0.441. The molecule has 0 aliphatic rings. The van der Waals surface area contributed by atoms with Gasteiger partial charge in [0.25, 0.3) is 0 Å². The quantitative estimate of drug-likeness (QED) is 0.919. The Morgan fingerprint density at radius 2 is 1.82 bits per heavy atom. The molecule has 0 saturated heterocycles. The van der Waals surface area contributed by atoms with Crippen LogP contribution in [0.15, 0.2) is 18.2 Å². The average molecular weight is 292 g/mol. The van der Waals surface area contributed by atoms with Gasteiger partial charge < -0.3 is 10.5 Å². The monoisotopic (exact) mass is 290 g/mol. The lowest BCUT2D eigenvalue weighted by Crippen LogP contribution is -2.00. The van der Waals surface area contributed by atoms with Crippen LogP contribution in [-0.4, -0.2) is 15.0 Å². The molecule has 0 saturated carbocycles. The van der Waals surface area contributed by atoms with Crippen LogP contribution in [0.2, 0.25) is 15.3 Å². The van der Waals surface area contributed by atoms with Crippen molar-refractivity contribution in [2.24, 2.45) is 0 Å². The molecule has 0 unspecified atom stereocenters. The van der Waals surface area contributed by atoms with Gasteiger partial charge in [0.15, 0.2) is 0 Å². The fraction of sp³-hybridized carbons (Fsp3) is 0. The SMILES string of the molecule is Nc1nc(Cl)nc(Oc2ccc(Cl)cc2Cl)n1. The van der Waals surface area contributed by atoms with Gasteiger partial charge in [0.05, 0.1) is 5.02 Å². The van der Waals surface area contributed by atoms with Gasteiger partial charge in [-0.1, -0.05) is 23.2 Å². The minimum Gasteiger partial charge on any atom is -0.423 e. The summed E-state index contributed by atoms with van der Waals surface area (Å²) < 4.78 is 5.31. The second-order valence-corrected chi connectivity index (χ2v) is 4.10. The van der Waals surface area contributed by atoms with Crippen molar-refractivity contribution in [1.29, 1.82) is 0 Å². The van der Waals surface area contributed by atoms with Crippen LogP contribution in [0.25, 0.3) is 0 Å². The molecule has 1 heterocycles. The first-order chi connectivity index (χ1) is 8.04. The van der Waals surface area contributed by atoms with E-state index in [1.165, 1.54) is 6.07 Å². The average Bonchev–Trinajstić information content (AvgIpc) is 2.21. The first kappa shape index (κ1) is 12.2. The maximum absolute atomic E-state index is 5.91. The van der Waals surface area contributed by atoms with E-state index < -0.39 is 0 Å². The molecule has 0 spiro atoms. The van der Waals surface area contributed by atoms with E-state index in [1.807, 2.05) is 0 Å². The Hall–Kier alpha value is -1.30. The van der Waals surface area contributed by atoms with Crippen LogP contribution in [0.3, 0.4) is 0 Å². The normalized spacial score (nSPS) is 10.3. The highest BCUT2D eigenvalue weighted by atomic mass is 35.5. The highest BCUT2D eigenvalue weighted by molar-refractivity contribution is 6.35. The maximum Gasteiger partial charge on any atom is 0.328 e. The molecule has 0 amide bonds. The van der Waals surface area contributed by atoms with Crippen LogP contribution in [0.4, 0.5) is 5.95 Å². The highest BCUT2D eigenvalue weighted by Crippen LogP contribution is 2.30. The molecule has 0 atom stereocenters. The molecule has 5 nitrogen and oxygen atoms in total. The van der Waals surface area contributed by atoms with Crippen LogP contribution in [0, 0.1) is 0 Å². The predicted molar refractivity (Wildman–Crippen MR) is 65.8 cm³/mol. The van der Waals surface area contributed by atoms with E-state index >= 15 is 0 Å². The Morgan fingerprint density at radius 1 is 1.06 bits per heavy atom. The van der Waals surface area contributed by atoms with Crippen molar-refractivity contribution in [1.82, 2.24) is 15.0 Å². The Balaban J connectivity index is 2.31. The second-order valence-electron chi connectivity index (χ2n) is 2.92. The number of nitrogen functional groups attached to an aromatic ring is 1. The van der Waals surface area contributed by atoms with Crippen LogP contribution < -0.4 is 10.5 Å². The Bertz CT molecular complexity index is 544. The van der Waals surface area contributed by atoms with Crippen molar-refractivity contribution in [3.05, 3.63) is 33.5 Å². The molecular formula is C9H5Cl3N4O. The molecule has 2 aromatic rings. The molecule has 8 heteroatoms. The van der Waals surface area contributed by atoms with Crippen LogP contribution in [0.1, 0.15) is 0 Å². The molecule has 0 aliphatic heterocycles. The molecule has 0 bridgehead atoms. The molecule has 2 rings (SSSR count). The summed E-state index contributed by atoms with van der Waals surface area (Å²) >= 11 is 17.3. The van der Waals surface area contributed by atoms with E-state index in [-0.39, 0.29) is 17.2 Å². The minimum absolute atomic E-state index is 0.0354. The zero-order chi connectivity index (χ0) is 12.4. The van der Waals surface area contributed by atoms with Crippen LogP contribution in [0.5, 0.6) is 11.8 Å². The number of rotatable bonds is 2. The second kappa shape index (κ2) is 4.91.